The van der Waals surface area contributed by atoms with E-state index in [4.69, 9.17) is 0 Å². The Bertz CT molecular complexity index is 281. The Morgan fingerprint density at radius 2 is 1.12 bits per heavy atom. The van der Waals surface area contributed by atoms with E-state index in [1.165, 1.54) is 115 Å². The van der Waals surface area contributed by atoms with E-state index in [1.54, 1.807) is 0 Å². The molecule has 0 aliphatic rings. The molecule has 0 aromatic heterocycles. The zero-order valence-electron chi connectivity index (χ0n) is 18.3. The molecule has 0 N–H and O–H groups in total. The maximum atomic E-state index is 4.68. The quantitative estimate of drug-likeness (QED) is 0.0856. The van der Waals surface area contributed by atoms with Crippen molar-refractivity contribution < 1.29 is 0 Å². The summed E-state index contributed by atoms with van der Waals surface area (Å²) in [5.41, 5.74) is 0. The molecule has 0 aromatic rings. The third-order valence-electron chi connectivity index (χ3n) is 4.84. The van der Waals surface area contributed by atoms with Gasteiger partial charge in [-0.2, -0.15) is 0 Å². The fraction of sp³-hybridized carbons (Fsp3) is 0.957. The van der Waals surface area contributed by atoms with Crippen LogP contribution in [0.1, 0.15) is 124 Å². The Morgan fingerprint density at radius 1 is 0.615 bits per heavy atom. The van der Waals surface area contributed by atoms with Crippen LogP contribution in [0.5, 0.6) is 0 Å². The maximum Gasteiger partial charge on any atom is 0.0949 e. The fourth-order valence-electron chi connectivity index (χ4n) is 3.05. The second-order valence-electron chi connectivity index (χ2n) is 7.59. The van der Waals surface area contributed by atoms with E-state index in [2.05, 4.69) is 36.4 Å². The van der Waals surface area contributed by atoms with E-state index in [0.29, 0.717) is 0 Å². The van der Waals surface area contributed by atoms with Crippen LogP contribution in [0.15, 0.2) is 4.99 Å². The zero-order valence-corrected chi connectivity index (χ0v) is 19.1. The Morgan fingerprint density at radius 3 is 1.73 bits per heavy atom. The Labute approximate surface area is 170 Å². The normalized spacial score (nSPS) is 11.5. The fourth-order valence-corrected chi connectivity index (χ4v) is 4.01. The monoisotopic (exact) mass is 384 g/mol. The minimum atomic E-state index is 1.00. The van der Waals surface area contributed by atoms with Crippen molar-refractivity contribution in [2.45, 2.75) is 124 Å². The largest absolute Gasteiger partial charge is 0.307 e. The molecule has 0 aromatic carbocycles. The van der Waals surface area contributed by atoms with Crippen molar-refractivity contribution >= 4 is 18.3 Å². The van der Waals surface area contributed by atoms with Crippen LogP contribution in [0, 0.1) is 0 Å². The lowest BCUT2D eigenvalue weighted by Gasteiger charge is -2.18. The van der Waals surface area contributed by atoms with E-state index in [-0.39, 0.29) is 0 Å². The summed E-state index contributed by atoms with van der Waals surface area (Å²) in [6, 6.07) is 0. The highest BCUT2D eigenvalue weighted by Gasteiger charge is 2.01. The third kappa shape index (κ3) is 20.1. The topological polar surface area (TPSA) is 15.6 Å². The first-order chi connectivity index (χ1) is 12.8. The molecule has 0 saturated carbocycles. The Kier molecular flexibility index (Phi) is 22.7. The lowest BCUT2D eigenvalue weighted by molar-refractivity contribution is 0.575. The van der Waals surface area contributed by atoms with E-state index in [1.807, 2.05) is 11.9 Å². The molecule has 0 fully saturated rings. The van der Waals surface area contributed by atoms with Crippen LogP contribution in [-0.4, -0.2) is 29.5 Å². The lowest BCUT2D eigenvalue weighted by Crippen LogP contribution is -2.16. The van der Waals surface area contributed by atoms with Crippen LogP contribution < -0.4 is 0 Å². The van der Waals surface area contributed by atoms with Crippen molar-refractivity contribution in [3.63, 3.8) is 0 Å². The lowest BCUT2D eigenvalue weighted by atomic mass is 10.1. The standard InChI is InChI=1S/C23H48N2S/c1-4-7-10-13-14-15-16-19-22-26-25(21-18-12-9-6-3)23-24-20-17-11-8-5-2/h23H,4-22H2,1-3H3/b24-23-. The molecule has 0 bridgehead atoms. The summed E-state index contributed by atoms with van der Waals surface area (Å²) in [6.45, 7) is 9.01. The first-order valence-corrected chi connectivity index (χ1v) is 12.7. The summed E-state index contributed by atoms with van der Waals surface area (Å²) in [6.07, 6.45) is 24.0. The maximum absolute atomic E-state index is 4.68. The summed E-state index contributed by atoms with van der Waals surface area (Å²) in [7, 11) is 0. The molecule has 0 heterocycles. The molecule has 0 aliphatic heterocycles. The number of aliphatic imine (C=N–C) groups is 1. The van der Waals surface area contributed by atoms with Crippen molar-refractivity contribution in [3.8, 4) is 0 Å². The molecule has 0 saturated heterocycles. The molecule has 0 amide bonds. The van der Waals surface area contributed by atoms with Gasteiger partial charge >= 0.3 is 0 Å². The molecule has 26 heavy (non-hydrogen) atoms. The van der Waals surface area contributed by atoms with Gasteiger partial charge in [-0.25, -0.2) is 0 Å². The smallest absolute Gasteiger partial charge is 0.0949 e. The van der Waals surface area contributed by atoms with Crippen molar-refractivity contribution in [3.05, 3.63) is 0 Å². The van der Waals surface area contributed by atoms with Gasteiger partial charge in [-0.15, -0.1) is 0 Å². The molecule has 0 atom stereocenters. The van der Waals surface area contributed by atoms with Gasteiger partial charge in [0.05, 0.1) is 6.34 Å². The molecule has 0 aliphatic carbocycles. The van der Waals surface area contributed by atoms with E-state index in [0.717, 1.165) is 6.54 Å². The van der Waals surface area contributed by atoms with Gasteiger partial charge in [0.2, 0.25) is 0 Å². The van der Waals surface area contributed by atoms with Gasteiger partial charge in [-0.05, 0) is 31.2 Å². The van der Waals surface area contributed by atoms with Crippen molar-refractivity contribution in [2.24, 2.45) is 4.99 Å². The predicted octanol–water partition coefficient (Wildman–Crippen LogP) is 8.27. The van der Waals surface area contributed by atoms with Gasteiger partial charge < -0.3 is 4.31 Å². The molecular weight excluding hydrogens is 336 g/mol. The van der Waals surface area contributed by atoms with Crippen LogP contribution in [0.2, 0.25) is 0 Å². The van der Waals surface area contributed by atoms with Crippen LogP contribution in [0.4, 0.5) is 0 Å². The van der Waals surface area contributed by atoms with Crippen LogP contribution in [0.25, 0.3) is 0 Å². The summed E-state index contributed by atoms with van der Waals surface area (Å²) in [5.74, 6) is 1.25. The van der Waals surface area contributed by atoms with Gasteiger partial charge in [0.25, 0.3) is 0 Å². The second kappa shape index (κ2) is 22.9. The van der Waals surface area contributed by atoms with Crippen molar-refractivity contribution in [2.75, 3.05) is 18.8 Å². The van der Waals surface area contributed by atoms with E-state index < -0.39 is 0 Å². The molecular formula is C23H48N2S. The molecule has 2 nitrogen and oxygen atoms in total. The third-order valence-corrected chi connectivity index (χ3v) is 5.92. The predicted molar refractivity (Wildman–Crippen MR) is 123 cm³/mol. The second-order valence-corrected chi connectivity index (χ2v) is 8.73. The number of rotatable bonds is 21. The number of nitrogens with zero attached hydrogens (tertiary/aromatic N) is 2. The van der Waals surface area contributed by atoms with Gasteiger partial charge in [0.15, 0.2) is 0 Å². The molecule has 0 radical (unpaired) electrons. The minimum Gasteiger partial charge on any atom is -0.307 e. The Balaban J connectivity index is 3.79. The van der Waals surface area contributed by atoms with Crippen molar-refractivity contribution in [1.82, 2.24) is 4.31 Å². The van der Waals surface area contributed by atoms with Crippen LogP contribution in [0.3, 0.4) is 0 Å². The number of hydrogen-bond acceptors (Lipinski definition) is 2. The summed E-state index contributed by atoms with van der Waals surface area (Å²) >= 11 is 2.00. The number of unbranched alkanes of at least 4 members (excludes halogenated alkanes) is 13. The highest BCUT2D eigenvalue weighted by Crippen LogP contribution is 2.15. The van der Waals surface area contributed by atoms with Gasteiger partial charge in [0, 0.05) is 18.8 Å². The van der Waals surface area contributed by atoms with E-state index >= 15 is 0 Å². The molecule has 0 spiro atoms. The average molecular weight is 385 g/mol. The highest BCUT2D eigenvalue weighted by atomic mass is 32.2. The van der Waals surface area contributed by atoms with Gasteiger partial charge in [-0.3, -0.25) is 4.99 Å². The molecule has 3 heteroatoms. The van der Waals surface area contributed by atoms with E-state index in [9.17, 15) is 0 Å². The van der Waals surface area contributed by atoms with Crippen LogP contribution >= 0.6 is 11.9 Å². The molecule has 0 rings (SSSR count). The summed E-state index contributed by atoms with van der Waals surface area (Å²) in [4.78, 5) is 4.68. The zero-order chi connectivity index (χ0) is 19.1. The first kappa shape index (κ1) is 25.8. The summed E-state index contributed by atoms with van der Waals surface area (Å²) in [5, 5.41) is 0. The highest BCUT2D eigenvalue weighted by molar-refractivity contribution is 7.97. The SMILES string of the molecule is CCCCCCCCCCSN(/C=N\CCCCCC)CCCCCC. The minimum absolute atomic E-state index is 1.00. The number of hydrogen-bond donors (Lipinski definition) is 0. The van der Waals surface area contributed by atoms with Crippen molar-refractivity contribution in [1.29, 1.82) is 0 Å². The average Bonchev–Trinajstić information content (AvgIpc) is 2.65. The van der Waals surface area contributed by atoms with Crippen LogP contribution in [-0.2, 0) is 0 Å². The van der Waals surface area contributed by atoms with Gasteiger partial charge in [-0.1, -0.05) is 104 Å². The Hall–Kier alpha value is -0.180. The molecule has 156 valence electrons. The molecule has 0 unspecified atom stereocenters. The first-order valence-electron chi connectivity index (χ1n) is 11.7. The summed E-state index contributed by atoms with van der Waals surface area (Å²) < 4.78 is 2.41. The van der Waals surface area contributed by atoms with Gasteiger partial charge in [0.1, 0.15) is 0 Å².